The Morgan fingerprint density at radius 2 is 1.67 bits per heavy atom. The molecule has 0 spiro atoms. The van der Waals surface area contributed by atoms with Gasteiger partial charge in [0.25, 0.3) is 0 Å². The largest absolute Gasteiger partial charge is 0.223 e. The molecule has 0 saturated carbocycles. The van der Waals surface area contributed by atoms with Crippen LogP contribution in [0.4, 0.5) is 4.39 Å². The lowest BCUT2D eigenvalue weighted by molar-refractivity contribution is 0.589. The summed E-state index contributed by atoms with van der Waals surface area (Å²) in [4.78, 5) is 0.828. The highest BCUT2D eigenvalue weighted by Crippen LogP contribution is 2.32. The molecule has 0 radical (unpaired) electrons. The molecule has 5 heteroatoms. The van der Waals surface area contributed by atoms with Crippen molar-refractivity contribution in [3.05, 3.63) is 42.2 Å². The third kappa shape index (κ3) is 2.47. The molecule has 0 fully saturated rings. The van der Waals surface area contributed by atoms with E-state index < -0.39 is 15.1 Å². The van der Waals surface area contributed by atoms with Crippen LogP contribution in [0.3, 0.4) is 0 Å². The van der Waals surface area contributed by atoms with Crippen LogP contribution in [0.5, 0.6) is 0 Å². The van der Waals surface area contributed by atoms with Crippen LogP contribution in [0, 0.1) is 5.82 Å². The van der Waals surface area contributed by atoms with Crippen molar-refractivity contribution in [2.75, 3.05) is 0 Å². The predicted octanol–water partition coefficient (Wildman–Crippen LogP) is 3.74. The smallest absolute Gasteiger partial charge is 0.190 e. The topological polar surface area (TPSA) is 34.1 Å². The Morgan fingerprint density at radius 1 is 1.06 bits per heavy atom. The van der Waals surface area contributed by atoms with Crippen molar-refractivity contribution < 1.29 is 12.8 Å². The van der Waals surface area contributed by atoms with Crippen LogP contribution >= 0.6 is 11.3 Å². The molecule has 0 amide bonds. The highest BCUT2D eigenvalue weighted by Gasteiger charge is 2.21. The molecule has 96 valence electrons. The molecule has 1 aromatic carbocycles. The molecule has 18 heavy (non-hydrogen) atoms. The fraction of sp³-hybridized carbons (Fsp3) is 0.231. The summed E-state index contributed by atoms with van der Waals surface area (Å²) < 4.78 is 37.1. The van der Waals surface area contributed by atoms with Gasteiger partial charge in [-0.1, -0.05) is 12.1 Å². The Labute approximate surface area is 110 Å². The van der Waals surface area contributed by atoms with E-state index in [4.69, 9.17) is 0 Å². The van der Waals surface area contributed by atoms with E-state index >= 15 is 0 Å². The first-order chi connectivity index (χ1) is 8.41. The van der Waals surface area contributed by atoms with Gasteiger partial charge in [0.2, 0.25) is 0 Å². The van der Waals surface area contributed by atoms with Crippen molar-refractivity contribution >= 4 is 21.2 Å². The molecule has 0 aliphatic carbocycles. The summed E-state index contributed by atoms with van der Waals surface area (Å²) in [6, 6.07) is 9.39. The maximum Gasteiger partial charge on any atom is 0.190 e. The standard InChI is InChI=1S/C13H13FO2S2/c1-9(2)18(15,16)13-8-7-12(17-13)10-3-5-11(14)6-4-10/h3-9H,1-2H3. The minimum Gasteiger partial charge on any atom is -0.223 e. The molecule has 0 atom stereocenters. The average molecular weight is 284 g/mol. The summed E-state index contributed by atoms with van der Waals surface area (Å²) >= 11 is 1.22. The molecular formula is C13H13FO2S2. The van der Waals surface area contributed by atoms with Crippen molar-refractivity contribution in [3.8, 4) is 10.4 Å². The van der Waals surface area contributed by atoms with Crippen LogP contribution in [0.25, 0.3) is 10.4 Å². The maximum atomic E-state index is 12.8. The van der Waals surface area contributed by atoms with E-state index in [0.29, 0.717) is 4.21 Å². The fourth-order valence-corrected chi connectivity index (χ4v) is 4.25. The minimum absolute atomic E-state index is 0.301. The number of rotatable bonds is 3. The number of sulfone groups is 1. The molecule has 0 N–H and O–H groups in total. The lowest BCUT2D eigenvalue weighted by Gasteiger charge is -2.03. The first-order valence-corrected chi connectivity index (χ1v) is 7.87. The zero-order valence-corrected chi connectivity index (χ0v) is 11.7. The van der Waals surface area contributed by atoms with Gasteiger partial charge in [-0.25, -0.2) is 12.8 Å². The molecule has 2 aromatic rings. The van der Waals surface area contributed by atoms with Gasteiger partial charge in [0.1, 0.15) is 10.0 Å². The Balaban J connectivity index is 2.40. The van der Waals surface area contributed by atoms with Crippen LogP contribution in [0.2, 0.25) is 0 Å². The van der Waals surface area contributed by atoms with Gasteiger partial charge in [0, 0.05) is 4.88 Å². The van der Waals surface area contributed by atoms with E-state index in [1.807, 2.05) is 0 Å². The van der Waals surface area contributed by atoms with Crippen LogP contribution in [0.15, 0.2) is 40.6 Å². The van der Waals surface area contributed by atoms with Gasteiger partial charge in [-0.2, -0.15) is 0 Å². The zero-order chi connectivity index (χ0) is 13.3. The summed E-state index contributed by atoms with van der Waals surface area (Å²) in [5, 5.41) is -0.433. The first-order valence-electron chi connectivity index (χ1n) is 5.51. The second-order valence-corrected chi connectivity index (χ2v) is 8.03. The van der Waals surface area contributed by atoms with E-state index in [1.54, 1.807) is 38.1 Å². The average Bonchev–Trinajstić information content (AvgIpc) is 2.79. The molecule has 0 unspecified atom stereocenters. The third-order valence-electron chi connectivity index (χ3n) is 2.61. The summed E-state index contributed by atoms with van der Waals surface area (Å²) in [7, 11) is -3.23. The molecule has 2 rings (SSSR count). The van der Waals surface area contributed by atoms with Gasteiger partial charge in [-0.05, 0) is 43.7 Å². The number of halogens is 1. The maximum absolute atomic E-state index is 12.8. The number of hydrogen-bond acceptors (Lipinski definition) is 3. The molecule has 2 nitrogen and oxygen atoms in total. The lowest BCUT2D eigenvalue weighted by atomic mass is 10.2. The Kier molecular flexibility index (Phi) is 3.54. The van der Waals surface area contributed by atoms with E-state index in [2.05, 4.69) is 0 Å². The van der Waals surface area contributed by atoms with Gasteiger partial charge in [-0.3, -0.25) is 0 Å². The highest BCUT2D eigenvalue weighted by atomic mass is 32.2. The third-order valence-corrected chi connectivity index (χ3v) is 6.43. The molecule has 0 aliphatic heterocycles. The first kappa shape index (κ1) is 13.2. The van der Waals surface area contributed by atoms with Gasteiger partial charge >= 0.3 is 0 Å². The number of benzene rings is 1. The quantitative estimate of drug-likeness (QED) is 0.860. The summed E-state index contributed by atoms with van der Waals surface area (Å²) in [6.07, 6.45) is 0. The van der Waals surface area contributed by atoms with Crippen molar-refractivity contribution in [1.29, 1.82) is 0 Å². The van der Waals surface area contributed by atoms with E-state index in [-0.39, 0.29) is 5.82 Å². The number of thiophene rings is 1. The van der Waals surface area contributed by atoms with Crippen molar-refractivity contribution in [3.63, 3.8) is 0 Å². The van der Waals surface area contributed by atoms with Gasteiger partial charge in [0.15, 0.2) is 9.84 Å². The second kappa shape index (κ2) is 4.82. The van der Waals surface area contributed by atoms with Crippen LogP contribution in [0.1, 0.15) is 13.8 Å². The van der Waals surface area contributed by atoms with Crippen LogP contribution < -0.4 is 0 Å². The van der Waals surface area contributed by atoms with Crippen molar-refractivity contribution in [1.82, 2.24) is 0 Å². The molecule has 0 bridgehead atoms. The molecule has 0 aliphatic rings. The Bertz CT molecular complexity index is 640. The second-order valence-electron chi connectivity index (χ2n) is 4.22. The van der Waals surface area contributed by atoms with Gasteiger partial charge in [-0.15, -0.1) is 11.3 Å². The van der Waals surface area contributed by atoms with E-state index in [0.717, 1.165) is 10.4 Å². The lowest BCUT2D eigenvalue weighted by Crippen LogP contribution is -2.12. The molecule has 1 heterocycles. The fourth-order valence-electron chi connectivity index (χ4n) is 1.47. The van der Waals surface area contributed by atoms with Gasteiger partial charge in [0.05, 0.1) is 5.25 Å². The molecule has 1 aromatic heterocycles. The van der Waals surface area contributed by atoms with Crippen LogP contribution in [-0.2, 0) is 9.84 Å². The summed E-state index contributed by atoms with van der Waals surface area (Å²) in [5.41, 5.74) is 0.826. The SMILES string of the molecule is CC(C)S(=O)(=O)c1ccc(-c2ccc(F)cc2)s1. The monoisotopic (exact) mass is 284 g/mol. The predicted molar refractivity (Wildman–Crippen MR) is 72.0 cm³/mol. The minimum atomic E-state index is -3.23. The van der Waals surface area contributed by atoms with E-state index in [9.17, 15) is 12.8 Å². The Morgan fingerprint density at radius 3 is 2.22 bits per heavy atom. The van der Waals surface area contributed by atoms with Crippen molar-refractivity contribution in [2.45, 2.75) is 23.3 Å². The Hall–Kier alpha value is -1.20. The summed E-state index contributed by atoms with van der Waals surface area (Å²) in [6.45, 7) is 3.32. The van der Waals surface area contributed by atoms with Crippen LogP contribution in [-0.4, -0.2) is 13.7 Å². The normalized spacial score (nSPS) is 12.0. The highest BCUT2D eigenvalue weighted by molar-refractivity contribution is 7.94. The van der Waals surface area contributed by atoms with E-state index in [1.165, 1.54) is 23.5 Å². The molecular weight excluding hydrogens is 271 g/mol. The zero-order valence-electron chi connectivity index (χ0n) is 10.1. The number of hydrogen-bond donors (Lipinski definition) is 0. The summed E-state index contributed by atoms with van der Waals surface area (Å²) in [5.74, 6) is -0.301. The molecule has 0 saturated heterocycles. The van der Waals surface area contributed by atoms with Gasteiger partial charge < -0.3 is 0 Å². The van der Waals surface area contributed by atoms with Crippen molar-refractivity contribution in [2.24, 2.45) is 0 Å².